The van der Waals surface area contributed by atoms with Gasteiger partial charge in [-0.05, 0) is 31.9 Å². The Balaban J connectivity index is 1.66. The van der Waals surface area contributed by atoms with Crippen molar-refractivity contribution in [3.05, 3.63) is 28.8 Å². The van der Waals surface area contributed by atoms with Gasteiger partial charge in [-0.3, -0.25) is 15.1 Å². The van der Waals surface area contributed by atoms with Gasteiger partial charge in [0, 0.05) is 11.3 Å². The highest BCUT2D eigenvalue weighted by Crippen LogP contribution is 2.32. The number of aliphatic imine (C=N–C) groups is 1. The van der Waals surface area contributed by atoms with Gasteiger partial charge in [-0.25, -0.2) is 0 Å². The number of amides is 1. The molecule has 24 heavy (non-hydrogen) atoms. The Hall–Kier alpha value is -1.38. The SMILES string of the molecule is Cc1cc(C)c(-c2nnc(NC(=O)CSC3=NCCS3)s2)c(C)c1. The molecule has 3 rings (SSSR count). The molecule has 2 aromatic rings. The van der Waals surface area contributed by atoms with E-state index in [9.17, 15) is 4.79 Å². The molecule has 0 radical (unpaired) electrons. The average molecular weight is 379 g/mol. The van der Waals surface area contributed by atoms with Crippen LogP contribution in [0.3, 0.4) is 0 Å². The first kappa shape index (κ1) is 17.4. The zero-order valence-electron chi connectivity index (χ0n) is 13.8. The van der Waals surface area contributed by atoms with Crippen LogP contribution >= 0.6 is 34.9 Å². The minimum absolute atomic E-state index is 0.0738. The number of hydrogen-bond acceptors (Lipinski definition) is 7. The largest absolute Gasteiger partial charge is 0.300 e. The van der Waals surface area contributed by atoms with Gasteiger partial charge in [0.2, 0.25) is 11.0 Å². The first-order chi connectivity index (χ1) is 11.5. The second-order valence-electron chi connectivity index (χ2n) is 5.52. The summed E-state index contributed by atoms with van der Waals surface area (Å²) in [7, 11) is 0. The van der Waals surface area contributed by atoms with E-state index in [2.05, 4.69) is 53.4 Å². The fourth-order valence-corrected chi connectivity index (χ4v) is 5.32. The second-order valence-corrected chi connectivity index (χ2v) is 8.80. The average Bonchev–Trinajstić information content (AvgIpc) is 3.16. The topological polar surface area (TPSA) is 67.2 Å². The van der Waals surface area contributed by atoms with Gasteiger partial charge in [-0.15, -0.1) is 10.2 Å². The smallest absolute Gasteiger partial charge is 0.236 e. The van der Waals surface area contributed by atoms with Crippen molar-refractivity contribution < 1.29 is 4.79 Å². The lowest BCUT2D eigenvalue weighted by atomic mass is 10.0. The molecule has 2 heterocycles. The van der Waals surface area contributed by atoms with Crippen LogP contribution in [0.2, 0.25) is 0 Å². The molecule has 1 aromatic heterocycles. The Labute approximate surface area is 153 Å². The maximum Gasteiger partial charge on any atom is 0.236 e. The van der Waals surface area contributed by atoms with E-state index in [0.29, 0.717) is 10.9 Å². The minimum Gasteiger partial charge on any atom is -0.300 e. The number of nitrogens with one attached hydrogen (secondary N) is 1. The van der Waals surface area contributed by atoms with Crippen LogP contribution in [0.5, 0.6) is 0 Å². The fraction of sp³-hybridized carbons (Fsp3) is 0.375. The van der Waals surface area contributed by atoms with Crippen LogP contribution in [0.4, 0.5) is 5.13 Å². The monoisotopic (exact) mass is 378 g/mol. The zero-order chi connectivity index (χ0) is 17.1. The van der Waals surface area contributed by atoms with E-state index in [-0.39, 0.29) is 5.91 Å². The van der Waals surface area contributed by atoms with Gasteiger partial charge >= 0.3 is 0 Å². The molecule has 0 bridgehead atoms. The maximum atomic E-state index is 12.0. The van der Waals surface area contributed by atoms with Crippen LogP contribution in [0, 0.1) is 20.8 Å². The normalized spacial score (nSPS) is 13.9. The van der Waals surface area contributed by atoms with Crippen molar-refractivity contribution in [2.75, 3.05) is 23.4 Å². The molecule has 1 aromatic carbocycles. The molecule has 1 aliphatic heterocycles. The first-order valence-corrected chi connectivity index (χ1v) is 10.3. The molecule has 8 heteroatoms. The maximum absolute atomic E-state index is 12.0. The molecule has 0 saturated heterocycles. The molecule has 0 unspecified atom stereocenters. The number of carbonyl (C=O) groups excluding carboxylic acids is 1. The predicted molar refractivity (Wildman–Crippen MR) is 105 cm³/mol. The summed E-state index contributed by atoms with van der Waals surface area (Å²) < 4.78 is 0.994. The quantitative estimate of drug-likeness (QED) is 0.874. The first-order valence-electron chi connectivity index (χ1n) is 7.54. The Morgan fingerprint density at radius 1 is 1.25 bits per heavy atom. The van der Waals surface area contributed by atoms with E-state index in [4.69, 9.17) is 0 Å². The van der Waals surface area contributed by atoms with Crippen LogP contribution in [0.25, 0.3) is 10.6 Å². The number of nitrogens with zero attached hydrogens (tertiary/aromatic N) is 3. The van der Waals surface area contributed by atoms with Crippen molar-refractivity contribution in [2.24, 2.45) is 4.99 Å². The lowest BCUT2D eigenvalue weighted by Gasteiger charge is -2.07. The Morgan fingerprint density at radius 2 is 2.00 bits per heavy atom. The van der Waals surface area contributed by atoms with E-state index < -0.39 is 0 Å². The van der Waals surface area contributed by atoms with Gasteiger partial charge in [0.1, 0.15) is 9.38 Å². The van der Waals surface area contributed by atoms with Gasteiger partial charge < -0.3 is 0 Å². The number of rotatable bonds is 4. The molecule has 5 nitrogen and oxygen atoms in total. The number of thioether (sulfide) groups is 2. The molecule has 1 aliphatic rings. The minimum atomic E-state index is -0.0738. The van der Waals surface area contributed by atoms with E-state index in [1.54, 1.807) is 11.8 Å². The molecule has 126 valence electrons. The lowest BCUT2D eigenvalue weighted by molar-refractivity contribution is -0.113. The molecular formula is C16H18N4OS3. The number of carbonyl (C=O) groups is 1. The standard InChI is InChI=1S/C16H18N4OS3/c1-9-6-10(2)13(11(3)7-9)14-19-20-15(24-14)18-12(21)8-23-16-17-4-5-22-16/h6-7H,4-5,8H2,1-3H3,(H,18,20,21). The summed E-state index contributed by atoms with van der Waals surface area (Å²) in [5.74, 6) is 1.29. The van der Waals surface area contributed by atoms with Crippen molar-refractivity contribution in [1.82, 2.24) is 10.2 Å². The summed E-state index contributed by atoms with van der Waals surface area (Å²) in [5.41, 5.74) is 4.68. The fourth-order valence-electron chi connectivity index (χ4n) is 2.58. The van der Waals surface area contributed by atoms with E-state index in [1.807, 2.05) is 0 Å². The van der Waals surface area contributed by atoms with Gasteiger partial charge in [-0.2, -0.15) is 0 Å². The highest BCUT2D eigenvalue weighted by Gasteiger charge is 2.15. The molecule has 0 aliphatic carbocycles. The van der Waals surface area contributed by atoms with Crippen molar-refractivity contribution in [1.29, 1.82) is 0 Å². The molecule has 0 saturated carbocycles. The summed E-state index contributed by atoms with van der Waals surface area (Å²) in [6.45, 7) is 7.08. The number of aryl methyl sites for hydroxylation is 3. The molecule has 0 spiro atoms. The van der Waals surface area contributed by atoms with Gasteiger partial charge in [0.15, 0.2) is 0 Å². The molecule has 1 amide bonds. The van der Waals surface area contributed by atoms with Crippen molar-refractivity contribution in [2.45, 2.75) is 20.8 Å². The van der Waals surface area contributed by atoms with Crippen LogP contribution in [-0.2, 0) is 4.79 Å². The van der Waals surface area contributed by atoms with E-state index >= 15 is 0 Å². The van der Waals surface area contributed by atoms with Crippen molar-refractivity contribution in [3.63, 3.8) is 0 Å². The van der Waals surface area contributed by atoms with E-state index in [0.717, 1.165) is 27.2 Å². The van der Waals surface area contributed by atoms with Crippen LogP contribution in [-0.4, -0.2) is 38.5 Å². The van der Waals surface area contributed by atoms with Crippen LogP contribution < -0.4 is 5.32 Å². The summed E-state index contributed by atoms with van der Waals surface area (Å²) >= 11 is 4.59. The third kappa shape index (κ3) is 4.17. The third-order valence-corrected chi connectivity index (χ3v) is 6.56. The van der Waals surface area contributed by atoms with Gasteiger partial charge in [-0.1, -0.05) is 52.6 Å². The van der Waals surface area contributed by atoms with Crippen LogP contribution in [0.15, 0.2) is 17.1 Å². The summed E-state index contributed by atoms with van der Waals surface area (Å²) in [4.78, 5) is 16.4. The van der Waals surface area contributed by atoms with Gasteiger partial charge in [0.05, 0.1) is 12.3 Å². The molecule has 0 atom stereocenters. The Kier molecular flexibility index (Phi) is 5.57. The third-order valence-electron chi connectivity index (χ3n) is 3.45. The summed E-state index contributed by atoms with van der Waals surface area (Å²) in [5, 5.41) is 12.6. The second kappa shape index (κ2) is 7.67. The lowest BCUT2D eigenvalue weighted by Crippen LogP contribution is -2.14. The Bertz CT molecular complexity index is 777. The van der Waals surface area contributed by atoms with Crippen LogP contribution in [0.1, 0.15) is 16.7 Å². The molecule has 1 N–H and O–H groups in total. The number of hydrogen-bond donors (Lipinski definition) is 1. The number of benzene rings is 1. The Morgan fingerprint density at radius 3 is 2.67 bits per heavy atom. The highest BCUT2D eigenvalue weighted by atomic mass is 32.2. The van der Waals surface area contributed by atoms with E-state index in [1.165, 1.54) is 39.8 Å². The van der Waals surface area contributed by atoms with Gasteiger partial charge in [0.25, 0.3) is 0 Å². The molecule has 0 fully saturated rings. The van der Waals surface area contributed by atoms with Crippen molar-refractivity contribution >= 4 is 50.3 Å². The highest BCUT2D eigenvalue weighted by molar-refractivity contribution is 8.39. The number of aromatic nitrogens is 2. The predicted octanol–water partition coefficient (Wildman–Crippen LogP) is 3.90. The van der Waals surface area contributed by atoms with Crippen molar-refractivity contribution in [3.8, 4) is 10.6 Å². The number of anilines is 1. The molecular weight excluding hydrogens is 360 g/mol. The summed E-state index contributed by atoms with van der Waals surface area (Å²) in [6.07, 6.45) is 0. The summed E-state index contributed by atoms with van der Waals surface area (Å²) in [6, 6.07) is 4.28. The zero-order valence-corrected chi connectivity index (χ0v) is 16.2.